The number of phenols is 1. The minimum Gasteiger partial charge on any atom is -0.576 e. The minimum absolute atomic E-state index is 0.0402. The van der Waals surface area contributed by atoms with Crippen LogP contribution in [-0.4, -0.2) is 46.7 Å². The molecule has 1 heterocycles. The number of nitrogens with one attached hydrogen (secondary N) is 1. The first-order chi connectivity index (χ1) is 15.0. The van der Waals surface area contributed by atoms with Gasteiger partial charge in [0.15, 0.2) is 6.04 Å². The molecule has 0 aromatic heterocycles. The molecule has 0 amide bonds. The molecule has 2 N–H and O–H groups in total. The van der Waals surface area contributed by atoms with Crippen molar-refractivity contribution < 1.29 is 35.8 Å². The van der Waals surface area contributed by atoms with E-state index >= 15 is 0 Å². The van der Waals surface area contributed by atoms with Crippen molar-refractivity contribution in [1.29, 1.82) is 0 Å². The van der Waals surface area contributed by atoms with Crippen LogP contribution in [0.5, 0.6) is 5.75 Å². The van der Waals surface area contributed by atoms with Gasteiger partial charge in [-0.05, 0) is 29.8 Å². The highest BCUT2D eigenvalue weighted by atomic mass is 32.2. The van der Waals surface area contributed by atoms with Crippen molar-refractivity contribution in [1.82, 2.24) is 0 Å². The predicted octanol–water partition coefficient (Wildman–Crippen LogP) is 1.73. The first-order valence-corrected chi connectivity index (χ1v) is 11.3. The third-order valence-electron chi connectivity index (χ3n) is 5.54. The number of phenolic OH excluding ortho intramolecular Hbond substituents is 1. The van der Waals surface area contributed by atoms with Gasteiger partial charge in [-0.3, -0.25) is 4.22 Å². The molecule has 1 aliphatic heterocycles. The molecule has 4 rings (SSSR count). The summed E-state index contributed by atoms with van der Waals surface area (Å²) >= 11 is 0. The summed E-state index contributed by atoms with van der Waals surface area (Å²) in [5.74, 6) is -1.32. The molecule has 1 fully saturated rings. The summed E-state index contributed by atoms with van der Waals surface area (Å²) in [6, 6.07) is 13.3. The average molecular weight is 462 g/mol. The maximum atomic E-state index is 14.8. The average Bonchev–Trinajstić information content (AvgIpc) is 2.96. The molecule has 0 saturated carbocycles. The molecule has 0 spiro atoms. The number of carbonyl (C=O) groups is 1. The van der Waals surface area contributed by atoms with Gasteiger partial charge >= 0.3 is 13.0 Å². The second-order valence-electron chi connectivity index (χ2n) is 7.89. The van der Waals surface area contributed by atoms with Gasteiger partial charge in [-0.1, -0.05) is 36.4 Å². The molecule has 1 unspecified atom stereocenters. The zero-order valence-electron chi connectivity index (χ0n) is 17.3. The molecule has 1 saturated heterocycles. The molecule has 0 bridgehead atoms. The van der Waals surface area contributed by atoms with E-state index in [-0.39, 0.29) is 22.5 Å². The summed E-state index contributed by atoms with van der Waals surface area (Å²) in [6.07, 6.45) is -0.293. The number of nitrogens with zero attached hydrogens (tertiary/aromatic N) is 1. The fraction of sp³-hybridized carbons (Fsp3) is 0.190. The summed E-state index contributed by atoms with van der Waals surface area (Å²) in [4.78, 5) is 13.8. The van der Waals surface area contributed by atoms with Crippen molar-refractivity contribution in [2.45, 2.75) is 17.4 Å². The van der Waals surface area contributed by atoms with Crippen LogP contribution in [0.15, 0.2) is 65.6 Å². The van der Waals surface area contributed by atoms with E-state index in [1.54, 1.807) is 43.3 Å². The van der Waals surface area contributed by atoms with Gasteiger partial charge in [-0.25, -0.2) is 4.79 Å². The fourth-order valence-corrected chi connectivity index (χ4v) is 6.01. The molecular formula is C21H21BF2N2O5S. The van der Waals surface area contributed by atoms with E-state index in [1.807, 2.05) is 0 Å². The van der Waals surface area contributed by atoms with Crippen molar-refractivity contribution in [2.24, 2.45) is 0 Å². The van der Waals surface area contributed by atoms with E-state index in [0.717, 1.165) is 5.69 Å². The molecule has 11 heteroatoms. The van der Waals surface area contributed by atoms with Crippen LogP contribution in [0, 0.1) is 0 Å². The number of fused-ring (bicyclic) bond motifs is 1. The largest absolute Gasteiger partial charge is 0.771 e. The second-order valence-corrected chi connectivity index (χ2v) is 9.80. The number of benzene rings is 3. The van der Waals surface area contributed by atoms with Crippen LogP contribution in [0.25, 0.3) is 10.8 Å². The zero-order valence-corrected chi connectivity index (χ0v) is 18.1. The van der Waals surface area contributed by atoms with Gasteiger partial charge < -0.3 is 23.3 Å². The highest BCUT2D eigenvalue weighted by Gasteiger charge is 2.64. The Labute approximate surface area is 183 Å². The molecule has 32 heavy (non-hydrogen) atoms. The smallest absolute Gasteiger partial charge is 0.576 e. The third-order valence-corrected chi connectivity index (χ3v) is 7.65. The van der Waals surface area contributed by atoms with Gasteiger partial charge in [0.2, 0.25) is 0 Å². The van der Waals surface area contributed by atoms with E-state index in [2.05, 4.69) is 4.65 Å². The minimum atomic E-state index is -5.04. The van der Waals surface area contributed by atoms with Gasteiger partial charge in [0.05, 0.1) is 0 Å². The van der Waals surface area contributed by atoms with E-state index in [1.165, 1.54) is 36.4 Å². The maximum Gasteiger partial charge on any atom is 0.771 e. The molecule has 168 valence electrons. The highest BCUT2D eigenvalue weighted by Crippen LogP contribution is 2.30. The van der Waals surface area contributed by atoms with Crippen LogP contribution in [0.4, 0.5) is 14.3 Å². The number of rotatable bonds is 5. The SMILES string of the molecule is CN(C)c1cccc2c(S(=O)(=O)[NH+]3[C@@H](Cc4ccc(O)cc4)C(=O)O[B-]3(F)F)cccc12. The Morgan fingerprint density at radius 2 is 1.66 bits per heavy atom. The lowest BCUT2D eigenvalue weighted by molar-refractivity contribution is -0.687. The van der Waals surface area contributed by atoms with Crippen LogP contribution >= 0.6 is 0 Å². The Hall–Kier alpha value is -3.18. The Bertz CT molecular complexity index is 1300. The molecule has 1 aliphatic rings. The van der Waals surface area contributed by atoms with E-state index in [0.29, 0.717) is 10.9 Å². The maximum absolute atomic E-state index is 14.8. The van der Waals surface area contributed by atoms with Crippen LogP contribution < -0.4 is 9.12 Å². The first kappa shape index (κ1) is 22.0. The monoisotopic (exact) mass is 462 g/mol. The number of anilines is 1. The summed E-state index contributed by atoms with van der Waals surface area (Å²) in [5, 5.41) is 10.3. The summed E-state index contributed by atoms with van der Waals surface area (Å²) < 4.78 is 59.8. The van der Waals surface area contributed by atoms with Crippen LogP contribution in [0.2, 0.25) is 0 Å². The Balaban J connectivity index is 1.85. The molecule has 7 nitrogen and oxygen atoms in total. The Kier molecular flexibility index (Phi) is 5.34. The number of aromatic hydroxyl groups is 1. The molecule has 3 aromatic rings. The topological polar surface area (TPSA) is 88.4 Å². The van der Waals surface area contributed by atoms with Crippen LogP contribution in [0.1, 0.15) is 5.56 Å². The first-order valence-electron chi connectivity index (χ1n) is 9.85. The van der Waals surface area contributed by atoms with E-state index < -0.39 is 33.3 Å². The Morgan fingerprint density at radius 3 is 2.31 bits per heavy atom. The van der Waals surface area contributed by atoms with Gasteiger partial charge in [0.25, 0.3) is 10.0 Å². The number of hydrogen-bond donors (Lipinski definition) is 2. The summed E-state index contributed by atoms with van der Waals surface area (Å²) in [7, 11) is -6.20. The Morgan fingerprint density at radius 1 is 1.03 bits per heavy atom. The molecule has 2 atom stereocenters. The zero-order chi connectivity index (χ0) is 23.3. The van der Waals surface area contributed by atoms with Crippen LogP contribution in [0.3, 0.4) is 0 Å². The quantitative estimate of drug-likeness (QED) is 0.562. The lowest BCUT2D eigenvalue weighted by Gasteiger charge is -2.27. The predicted molar refractivity (Wildman–Crippen MR) is 116 cm³/mol. The van der Waals surface area contributed by atoms with Crippen molar-refractivity contribution in [3.05, 3.63) is 66.2 Å². The third kappa shape index (κ3) is 3.67. The second kappa shape index (κ2) is 7.75. The summed E-state index contributed by atoms with van der Waals surface area (Å²) in [5.41, 5.74) is 1.14. The standard InChI is InChI=1S/C21H21BF2N2O5S/c1-25(2)18-7-3-6-17-16(18)5-4-8-20(17)32(29,30)26-19(21(28)31-22(26,23)24)13-14-9-11-15(27)12-10-14/h3-12,19,26-27H,13H2,1-2H3/t19-/m0/s1. The lowest BCUT2D eigenvalue weighted by atomic mass is 10.0. The fourth-order valence-electron chi connectivity index (χ4n) is 4.07. The van der Waals surface area contributed by atoms with Crippen LogP contribution in [-0.2, 0) is 25.9 Å². The van der Waals surface area contributed by atoms with Crippen molar-refractivity contribution in [3.8, 4) is 5.75 Å². The number of halogens is 2. The summed E-state index contributed by atoms with van der Waals surface area (Å²) in [6.45, 7) is 0. The number of hydrogen-bond acceptors (Lipinski definition) is 6. The molecular weight excluding hydrogens is 441 g/mol. The highest BCUT2D eigenvalue weighted by molar-refractivity contribution is 7.86. The van der Waals surface area contributed by atoms with Gasteiger partial charge in [0, 0.05) is 37.0 Å². The molecule has 0 aliphatic carbocycles. The number of carbonyl (C=O) groups excluding carboxylic acids is 1. The van der Waals surface area contributed by atoms with E-state index in [9.17, 15) is 27.0 Å². The van der Waals surface area contributed by atoms with Gasteiger partial charge in [-0.15, -0.1) is 0 Å². The van der Waals surface area contributed by atoms with Crippen molar-refractivity contribution in [2.75, 3.05) is 19.0 Å². The van der Waals surface area contributed by atoms with E-state index in [4.69, 9.17) is 0 Å². The van der Waals surface area contributed by atoms with Crippen molar-refractivity contribution >= 4 is 39.5 Å². The van der Waals surface area contributed by atoms with Gasteiger partial charge in [0.1, 0.15) is 10.6 Å². The molecule has 3 aromatic carbocycles. The number of sulfonamides is 1. The number of quaternary nitrogens is 1. The lowest BCUT2D eigenvalue weighted by Crippen LogP contribution is -3.24. The van der Waals surface area contributed by atoms with Crippen molar-refractivity contribution in [3.63, 3.8) is 0 Å². The van der Waals surface area contributed by atoms with Gasteiger partial charge in [-0.2, -0.15) is 8.42 Å². The molecule has 0 radical (unpaired) electrons. The normalized spacial score (nSPS) is 20.3.